The van der Waals surface area contributed by atoms with Crippen molar-refractivity contribution in [3.63, 3.8) is 0 Å². The van der Waals surface area contributed by atoms with Crippen molar-refractivity contribution in [3.05, 3.63) is 41.7 Å². The Morgan fingerprint density at radius 1 is 1.16 bits per heavy atom. The van der Waals surface area contributed by atoms with E-state index in [9.17, 15) is 5.11 Å². The smallest absolute Gasteiger partial charge is 0.0960 e. The molecule has 0 unspecified atom stereocenters. The van der Waals surface area contributed by atoms with Gasteiger partial charge in [0.05, 0.1) is 33.5 Å². The monoisotopic (exact) mass is 419 g/mol. The summed E-state index contributed by atoms with van der Waals surface area (Å²) in [4.78, 5) is 4.88. The Kier molecular flexibility index (Phi) is 4.83. The molecular formula is C24H29N5O2. The van der Waals surface area contributed by atoms with Crippen LogP contribution in [0.1, 0.15) is 37.9 Å². The van der Waals surface area contributed by atoms with Gasteiger partial charge in [-0.3, -0.25) is 4.98 Å². The first-order valence-electron chi connectivity index (χ1n) is 10.9. The molecule has 1 fully saturated rings. The molecule has 7 nitrogen and oxygen atoms in total. The lowest BCUT2D eigenvalue weighted by atomic mass is 9.97. The summed E-state index contributed by atoms with van der Waals surface area (Å²) in [6, 6.07) is 8.42. The quantitative estimate of drug-likeness (QED) is 0.542. The molecule has 1 saturated heterocycles. The fourth-order valence-corrected chi connectivity index (χ4v) is 4.70. The predicted octanol–water partition coefficient (Wildman–Crippen LogP) is 3.95. The lowest BCUT2D eigenvalue weighted by Gasteiger charge is -2.24. The van der Waals surface area contributed by atoms with E-state index in [0.29, 0.717) is 5.92 Å². The summed E-state index contributed by atoms with van der Waals surface area (Å²) in [5, 5.41) is 20.1. The summed E-state index contributed by atoms with van der Waals surface area (Å²) in [6.07, 6.45) is 4.03. The first kappa shape index (κ1) is 20.2. The fourth-order valence-electron chi connectivity index (χ4n) is 4.70. The number of ether oxygens (including phenoxy) is 1. The minimum absolute atomic E-state index is 0.558. The van der Waals surface area contributed by atoms with Crippen LogP contribution in [0.4, 0.5) is 0 Å². The number of aromatic nitrogens is 5. The van der Waals surface area contributed by atoms with E-state index in [0.717, 1.165) is 77.1 Å². The molecule has 7 heteroatoms. The number of hydrogen-bond donors (Lipinski definition) is 1. The fraction of sp³-hybridized carbons (Fsp3) is 0.458. The first-order valence-corrected chi connectivity index (χ1v) is 10.9. The van der Waals surface area contributed by atoms with Gasteiger partial charge in [0.2, 0.25) is 0 Å². The van der Waals surface area contributed by atoms with E-state index in [1.165, 1.54) is 0 Å². The minimum Gasteiger partial charge on any atom is -0.386 e. The van der Waals surface area contributed by atoms with E-state index < -0.39 is 5.60 Å². The highest BCUT2D eigenvalue weighted by Gasteiger charge is 2.22. The summed E-state index contributed by atoms with van der Waals surface area (Å²) < 4.78 is 9.76. The zero-order valence-electron chi connectivity index (χ0n) is 18.6. The normalized spacial score (nSPS) is 15.9. The minimum atomic E-state index is -0.899. The number of fused-ring (bicyclic) bond motifs is 3. The van der Waals surface area contributed by atoms with Crippen molar-refractivity contribution in [3.8, 4) is 11.3 Å². The maximum Gasteiger partial charge on any atom is 0.0960 e. The van der Waals surface area contributed by atoms with Gasteiger partial charge in [0.15, 0.2) is 0 Å². The van der Waals surface area contributed by atoms with Crippen molar-refractivity contribution in [1.82, 2.24) is 24.5 Å². The molecule has 0 bridgehead atoms. The summed E-state index contributed by atoms with van der Waals surface area (Å²) in [5.74, 6) is 0.558. The van der Waals surface area contributed by atoms with Crippen LogP contribution in [-0.2, 0) is 23.9 Å². The third kappa shape index (κ3) is 3.51. The first-order chi connectivity index (χ1) is 14.8. The van der Waals surface area contributed by atoms with Gasteiger partial charge in [0.1, 0.15) is 0 Å². The van der Waals surface area contributed by atoms with Crippen molar-refractivity contribution in [2.45, 2.75) is 45.8 Å². The van der Waals surface area contributed by atoms with E-state index in [-0.39, 0.29) is 0 Å². The average Bonchev–Trinajstić information content (AvgIpc) is 3.24. The predicted molar refractivity (Wildman–Crippen MR) is 121 cm³/mol. The van der Waals surface area contributed by atoms with E-state index >= 15 is 0 Å². The van der Waals surface area contributed by atoms with Gasteiger partial charge in [-0.05, 0) is 57.2 Å². The highest BCUT2D eigenvalue weighted by molar-refractivity contribution is 6.06. The molecule has 0 aliphatic carbocycles. The van der Waals surface area contributed by atoms with Crippen molar-refractivity contribution in [2.24, 2.45) is 13.0 Å². The van der Waals surface area contributed by atoms with Crippen LogP contribution in [0.5, 0.6) is 0 Å². The summed E-state index contributed by atoms with van der Waals surface area (Å²) in [5.41, 5.74) is 6.09. The molecule has 0 radical (unpaired) electrons. The number of rotatable bonds is 4. The third-order valence-corrected chi connectivity index (χ3v) is 6.46. The van der Waals surface area contributed by atoms with Gasteiger partial charge >= 0.3 is 0 Å². The van der Waals surface area contributed by atoms with E-state index in [1.807, 2.05) is 40.1 Å². The molecule has 1 aromatic carbocycles. The molecule has 4 aromatic rings. The number of nitrogens with zero attached hydrogens (tertiary/aromatic N) is 5. The number of pyridine rings is 1. The molecule has 162 valence electrons. The second-order valence-electron chi connectivity index (χ2n) is 9.20. The molecule has 0 spiro atoms. The Hall–Kier alpha value is -2.77. The summed E-state index contributed by atoms with van der Waals surface area (Å²) in [6.45, 7) is 8.18. The molecular weight excluding hydrogens is 390 g/mol. The Balaban J connectivity index is 1.74. The van der Waals surface area contributed by atoms with Crippen molar-refractivity contribution in [1.29, 1.82) is 0 Å². The zero-order valence-corrected chi connectivity index (χ0v) is 18.6. The Morgan fingerprint density at radius 2 is 1.94 bits per heavy atom. The number of aryl methyl sites for hydroxylation is 2. The molecule has 1 aliphatic heterocycles. The standard InChI is InChI=1S/C24H29N5O2/c1-15-23(28(4)27-26-15)17-11-21-22(25-13-17)19-6-5-18(24(2,3)30)12-20(19)29(21)14-16-7-9-31-10-8-16/h5-6,11-13,16,30H,7-10,14H2,1-4H3. The summed E-state index contributed by atoms with van der Waals surface area (Å²) >= 11 is 0. The Labute approximate surface area is 181 Å². The summed E-state index contributed by atoms with van der Waals surface area (Å²) in [7, 11) is 1.91. The number of aliphatic hydroxyl groups is 1. The molecule has 3 aromatic heterocycles. The SMILES string of the molecule is Cc1nnn(C)c1-c1cnc2c3ccc(C(C)(C)O)cc3n(CC3CCOCC3)c2c1. The van der Waals surface area contributed by atoms with E-state index in [4.69, 9.17) is 9.72 Å². The third-order valence-electron chi connectivity index (χ3n) is 6.46. The van der Waals surface area contributed by atoms with Crippen LogP contribution in [-0.4, -0.2) is 42.9 Å². The molecule has 4 heterocycles. The molecule has 0 atom stereocenters. The molecule has 1 N–H and O–H groups in total. The zero-order chi connectivity index (χ0) is 21.8. The van der Waals surface area contributed by atoms with Gasteiger partial charge in [0.25, 0.3) is 0 Å². The van der Waals surface area contributed by atoms with Crippen molar-refractivity contribution in [2.75, 3.05) is 13.2 Å². The van der Waals surface area contributed by atoms with Gasteiger partial charge in [-0.15, -0.1) is 5.10 Å². The second kappa shape index (κ2) is 7.43. The number of hydrogen-bond acceptors (Lipinski definition) is 5. The van der Waals surface area contributed by atoms with Gasteiger partial charge in [-0.1, -0.05) is 17.3 Å². The van der Waals surface area contributed by atoms with Crippen LogP contribution in [0.3, 0.4) is 0 Å². The molecule has 0 amide bonds. The van der Waals surface area contributed by atoms with Crippen LogP contribution in [0.15, 0.2) is 30.5 Å². The topological polar surface area (TPSA) is 78.0 Å². The lowest BCUT2D eigenvalue weighted by molar-refractivity contribution is 0.0619. The Bertz CT molecular complexity index is 1240. The number of benzene rings is 1. The maximum atomic E-state index is 10.6. The van der Waals surface area contributed by atoms with Gasteiger partial charge in [-0.2, -0.15) is 0 Å². The highest BCUT2D eigenvalue weighted by Crippen LogP contribution is 2.35. The Morgan fingerprint density at radius 3 is 2.61 bits per heavy atom. The van der Waals surface area contributed by atoms with Crippen LogP contribution in [0.25, 0.3) is 33.2 Å². The largest absolute Gasteiger partial charge is 0.386 e. The van der Waals surface area contributed by atoms with Crippen LogP contribution >= 0.6 is 0 Å². The van der Waals surface area contributed by atoms with E-state index in [1.54, 1.807) is 4.68 Å². The van der Waals surface area contributed by atoms with Crippen LogP contribution in [0, 0.1) is 12.8 Å². The lowest BCUT2D eigenvalue weighted by Crippen LogP contribution is -2.20. The average molecular weight is 420 g/mol. The molecule has 31 heavy (non-hydrogen) atoms. The highest BCUT2D eigenvalue weighted by atomic mass is 16.5. The van der Waals surface area contributed by atoms with E-state index in [2.05, 4.69) is 33.1 Å². The van der Waals surface area contributed by atoms with Crippen molar-refractivity contribution < 1.29 is 9.84 Å². The molecule has 5 rings (SSSR count). The molecule has 0 saturated carbocycles. The van der Waals surface area contributed by atoms with Crippen LogP contribution < -0.4 is 0 Å². The van der Waals surface area contributed by atoms with Gasteiger partial charge in [0, 0.05) is 44.0 Å². The van der Waals surface area contributed by atoms with Gasteiger partial charge in [-0.25, -0.2) is 4.68 Å². The van der Waals surface area contributed by atoms with Crippen LogP contribution in [0.2, 0.25) is 0 Å². The molecule has 1 aliphatic rings. The second-order valence-corrected chi connectivity index (χ2v) is 9.20. The maximum absolute atomic E-state index is 10.6. The van der Waals surface area contributed by atoms with Crippen molar-refractivity contribution >= 4 is 21.9 Å². The van der Waals surface area contributed by atoms with Gasteiger partial charge < -0.3 is 14.4 Å².